The smallest absolute Gasteiger partial charge is 0.325 e. The second-order valence-corrected chi connectivity index (χ2v) is 4.65. The molecule has 2 heterocycles. The molecule has 1 saturated heterocycles. The van der Waals surface area contributed by atoms with Crippen molar-refractivity contribution in [1.29, 1.82) is 0 Å². The van der Waals surface area contributed by atoms with Gasteiger partial charge in [0.25, 0.3) is 5.91 Å². The molecule has 6 nitrogen and oxygen atoms in total. The van der Waals surface area contributed by atoms with Gasteiger partial charge in [-0.25, -0.2) is 4.79 Å². The molecule has 3 N–H and O–H groups in total. The largest absolute Gasteiger partial charge is 0.468 e. The molecule has 0 aromatic carbocycles. The third kappa shape index (κ3) is 1.99. The number of urea groups is 1. The van der Waals surface area contributed by atoms with Crippen molar-refractivity contribution in [2.75, 3.05) is 6.54 Å². The van der Waals surface area contributed by atoms with E-state index in [1.54, 1.807) is 19.1 Å². The summed E-state index contributed by atoms with van der Waals surface area (Å²) in [5, 5.41) is 2.68. The van der Waals surface area contributed by atoms with Crippen LogP contribution in [0.15, 0.2) is 22.8 Å². The number of hydrogen-bond donors (Lipinski definition) is 2. The molecule has 0 radical (unpaired) electrons. The van der Waals surface area contributed by atoms with Crippen LogP contribution < -0.4 is 11.1 Å². The summed E-state index contributed by atoms with van der Waals surface area (Å²) in [5.41, 5.74) is 5.09. The molecule has 0 saturated carbocycles. The van der Waals surface area contributed by atoms with E-state index in [0.29, 0.717) is 12.2 Å². The summed E-state index contributed by atoms with van der Waals surface area (Å²) in [5.74, 6) is 0.317. The summed E-state index contributed by atoms with van der Waals surface area (Å²) in [6, 6.07) is 2.54. The lowest BCUT2D eigenvalue weighted by Crippen LogP contribution is -2.43. The fraction of sp³-hybridized carbons (Fsp3) is 0.500. The lowest BCUT2D eigenvalue weighted by Gasteiger charge is -2.20. The Kier molecular flexibility index (Phi) is 3.13. The average Bonchev–Trinajstić information content (AvgIpc) is 2.93. The Balaban J connectivity index is 2.11. The Labute approximate surface area is 105 Å². The number of nitrogens with two attached hydrogens (primary N) is 1. The van der Waals surface area contributed by atoms with E-state index in [0.717, 1.165) is 4.90 Å². The van der Waals surface area contributed by atoms with Gasteiger partial charge in [0.2, 0.25) is 0 Å². The van der Waals surface area contributed by atoms with Crippen LogP contribution in [0, 0.1) is 0 Å². The van der Waals surface area contributed by atoms with Gasteiger partial charge in [-0.3, -0.25) is 9.69 Å². The van der Waals surface area contributed by atoms with Crippen LogP contribution in [0.5, 0.6) is 0 Å². The molecule has 1 aromatic heterocycles. The molecule has 1 aliphatic rings. The van der Waals surface area contributed by atoms with Crippen molar-refractivity contribution in [3.63, 3.8) is 0 Å². The van der Waals surface area contributed by atoms with Gasteiger partial charge in [-0.1, -0.05) is 6.92 Å². The van der Waals surface area contributed by atoms with Gasteiger partial charge < -0.3 is 15.5 Å². The first-order valence-electron chi connectivity index (χ1n) is 5.91. The standard InChI is InChI=1S/C12H17N3O3/c1-3-12(2)10(16)15(11(17)14-12)7-8(13)9-5-4-6-18-9/h4-6,8H,3,7,13H2,1-2H3,(H,14,17). The molecule has 2 rings (SSSR count). The number of amides is 3. The molecule has 2 unspecified atom stereocenters. The highest BCUT2D eigenvalue weighted by Crippen LogP contribution is 2.23. The normalized spacial score (nSPS) is 25.4. The topological polar surface area (TPSA) is 88.6 Å². The van der Waals surface area contributed by atoms with E-state index < -0.39 is 17.6 Å². The van der Waals surface area contributed by atoms with Crippen LogP contribution in [0.4, 0.5) is 4.79 Å². The van der Waals surface area contributed by atoms with E-state index >= 15 is 0 Å². The summed E-state index contributed by atoms with van der Waals surface area (Å²) in [6.45, 7) is 3.69. The van der Waals surface area contributed by atoms with Crippen LogP contribution in [-0.4, -0.2) is 28.9 Å². The van der Waals surface area contributed by atoms with Crippen molar-refractivity contribution in [3.05, 3.63) is 24.2 Å². The molecule has 6 heteroatoms. The first-order valence-corrected chi connectivity index (χ1v) is 5.91. The monoisotopic (exact) mass is 251 g/mol. The molecule has 3 amide bonds. The Morgan fingerprint density at radius 3 is 2.78 bits per heavy atom. The number of nitrogens with one attached hydrogen (secondary N) is 1. The summed E-state index contributed by atoms with van der Waals surface area (Å²) < 4.78 is 5.16. The molecule has 1 aromatic rings. The van der Waals surface area contributed by atoms with Crippen molar-refractivity contribution >= 4 is 11.9 Å². The summed E-state index contributed by atoms with van der Waals surface area (Å²) in [7, 11) is 0. The van der Waals surface area contributed by atoms with Crippen LogP contribution in [0.25, 0.3) is 0 Å². The van der Waals surface area contributed by atoms with Gasteiger partial charge in [0, 0.05) is 0 Å². The minimum absolute atomic E-state index is 0.119. The van der Waals surface area contributed by atoms with Crippen molar-refractivity contribution in [2.24, 2.45) is 5.73 Å². The van der Waals surface area contributed by atoms with Gasteiger partial charge in [0.05, 0.1) is 18.8 Å². The van der Waals surface area contributed by atoms with Crippen LogP contribution in [0.3, 0.4) is 0 Å². The van der Waals surface area contributed by atoms with Crippen LogP contribution in [0.2, 0.25) is 0 Å². The van der Waals surface area contributed by atoms with E-state index in [2.05, 4.69) is 5.32 Å². The number of carbonyl (C=O) groups excluding carboxylic acids is 2. The third-order valence-electron chi connectivity index (χ3n) is 3.34. The Morgan fingerprint density at radius 1 is 1.56 bits per heavy atom. The van der Waals surface area contributed by atoms with E-state index in [4.69, 9.17) is 10.2 Å². The number of nitrogens with zero attached hydrogens (tertiary/aromatic N) is 1. The number of furan rings is 1. The van der Waals surface area contributed by atoms with E-state index in [1.165, 1.54) is 6.26 Å². The first kappa shape index (κ1) is 12.6. The fourth-order valence-electron chi connectivity index (χ4n) is 1.94. The fourth-order valence-corrected chi connectivity index (χ4v) is 1.94. The second kappa shape index (κ2) is 4.45. The highest BCUT2D eigenvalue weighted by atomic mass is 16.3. The zero-order chi connectivity index (χ0) is 13.3. The minimum atomic E-state index is -0.819. The van der Waals surface area contributed by atoms with Gasteiger partial charge >= 0.3 is 6.03 Å². The van der Waals surface area contributed by atoms with Crippen molar-refractivity contribution in [3.8, 4) is 0 Å². The maximum absolute atomic E-state index is 12.1. The van der Waals surface area contributed by atoms with Crippen molar-refractivity contribution < 1.29 is 14.0 Å². The van der Waals surface area contributed by atoms with Gasteiger partial charge in [-0.05, 0) is 25.5 Å². The molecular formula is C12H17N3O3. The Morgan fingerprint density at radius 2 is 2.28 bits per heavy atom. The van der Waals surface area contributed by atoms with Crippen LogP contribution in [0.1, 0.15) is 32.1 Å². The van der Waals surface area contributed by atoms with Crippen LogP contribution >= 0.6 is 0 Å². The van der Waals surface area contributed by atoms with Crippen molar-refractivity contribution in [1.82, 2.24) is 10.2 Å². The van der Waals surface area contributed by atoms with Crippen LogP contribution in [-0.2, 0) is 4.79 Å². The second-order valence-electron chi connectivity index (χ2n) is 4.65. The molecule has 0 spiro atoms. The summed E-state index contributed by atoms with van der Waals surface area (Å²) >= 11 is 0. The van der Waals surface area contributed by atoms with Gasteiger partial charge in [-0.15, -0.1) is 0 Å². The van der Waals surface area contributed by atoms with Gasteiger partial charge in [0.1, 0.15) is 11.3 Å². The highest BCUT2D eigenvalue weighted by molar-refractivity contribution is 6.06. The first-order chi connectivity index (χ1) is 8.48. The molecule has 0 bridgehead atoms. The average molecular weight is 251 g/mol. The molecule has 98 valence electrons. The molecular weight excluding hydrogens is 234 g/mol. The molecule has 18 heavy (non-hydrogen) atoms. The third-order valence-corrected chi connectivity index (χ3v) is 3.34. The zero-order valence-electron chi connectivity index (χ0n) is 10.5. The number of imide groups is 1. The number of rotatable bonds is 4. The maximum Gasteiger partial charge on any atom is 0.325 e. The van der Waals surface area contributed by atoms with Gasteiger partial charge in [0.15, 0.2) is 0 Å². The minimum Gasteiger partial charge on any atom is -0.468 e. The number of hydrogen-bond acceptors (Lipinski definition) is 4. The lowest BCUT2D eigenvalue weighted by molar-refractivity contribution is -0.131. The van der Waals surface area contributed by atoms with E-state index in [-0.39, 0.29) is 12.5 Å². The quantitative estimate of drug-likeness (QED) is 0.781. The SMILES string of the molecule is CCC1(C)NC(=O)N(CC(N)c2ccco2)C1=O. The van der Waals surface area contributed by atoms with Gasteiger partial charge in [-0.2, -0.15) is 0 Å². The maximum atomic E-state index is 12.1. The summed E-state index contributed by atoms with van der Waals surface area (Å²) in [4.78, 5) is 25.1. The Bertz CT molecular complexity index is 457. The molecule has 1 fully saturated rings. The van der Waals surface area contributed by atoms with E-state index in [9.17, 15) is 9.59 Å². The lowest BCUT2D eigenvalue weighted by atomic mass is 9.99. The Hall–Kier alpha value is -1.82. The highest BCUT2D eigenvalue weighted by Gasteiger charge is 2.46. The van der Waals surface area contributed by atoms with Crippen molar-refractivity contribution in [2.45, 2.75) is 31.8 Å². The molecule has 2 atom stereocenters. The van der Waals surface area contributed by atoms with E-state index in [1.807, 2.05) is 6.92 Å². The number of carbonyl (C=O) groups is 2. The molecule has 0 aliphatic carbocycles. The predicted octanol–water partition coefficient (Wildman–Crippen LogP) is 1.000. The summed E-state index contributed by atoms with van der Waals surface area (Å²) in [6.07, 6.45) is 2.06. The predicted molar refractivity (Wildman–Crippen MR) is 64.6 cm³/mol. The zero-order valence-corrected chi connectivity index (χ0v) is 10.5. The molecule has 1 aliphatic heterocycles.